The molecular weight excluding hydrogens is 334 g/mol. The fourth-order valence-electron chi connectivity index (χ4n) is 1.85. The van der Waals surface area contributed by atoms with Gasteiger partial charge in [-0.2, -0.15) is 0 Å². The molecule has 0 fully saturated rings. The first kappa shape index (κ1) is 17.7. The van der Waals surface area contributed by atoms with E-state index >= 15 is 0 Å². The summed E-state index contributed by atoms with van der Waals surface area (Å²) in [5.41, 5.74) is 0.160. The van der Waals surface area contributed by atoms with Crippen LogP contribution in [0.2, 0.25) is 0 Å². The molecule has 1 amide bonds. The fraction of sp³-hybridized carbons (Fsp3) is 0.250. The highest BCUT2D eigenvalue weighted by molar-refractivity contribution is 7.90. The van der Waals surface area contributed by atoms with E-state index in [0.29, 0.717) is 5.76 Å². The average Bonchev–Trinajstić information content (AvgIpc) is 3.05. The van der Waals surface area contributed by atoms with Crippen LogP contribution in [-0.2, 0) is 25.9 Å². The number of hydrogen-bond donors (Lipinski definition) is 1. The molecule has 1 aromatic heterocycles. The first-order chi connectivity index (χ1) is 11.3. The van der Waals surface area contributed by atoms with Crippen LogP contribution in [0.3, 0.4) is 0 Å². The third-order valence-electron chi connectivity index (χ3n) is 3.19. The zero-order valence-electron chi connectivity index (χ0n) is 13.2. The second-order valence-electron chi connectivity index (χ2n) is 5.14. The van der Waals surface area contributed by atoms with E-state index in [1.807, 2.05) is 0 Å². The minimum Gasteiger partial charge on any atom is -0.467 e. The molecule has 0 saturated carbocycles. The maximum atomic E-state index is 12.0. The Morgan fingerprint density at radius 3 is 2.42 bits per heavy atom. The number of furan rings is 1. The van der Waals surface area contributed by atoms with Gasteiger partial charge in [-0.1, -0.05) is 0 Å². The fourth-order valence-corrected chi connectivity index (χ4v) is 2.48. The van der Waals surface area contributed by atoms with Gasteiger partial charge >= 0.3 is 5.97 Å². The lowest BCUT2D eigenvalue weighted by Crippen LogP contribution is -2.35. The van der Waals surface area contributed by atoms with Gasteiger partial charge in [-0.25, -0.2) is 13.2 Å². The van der Waals surface area contributed by atoms with Crippen LogP contribution in [0.25, 0.3) is 0 Å². The van der Waals surface area contributed by atoms with Crippen molar-refractivity contribution in [2.24, 2.45) is 0 Å². The number of sulfone groups is 1. The minimum atomic E-state index is -3.34. The number of nitrogens with one attached hydrogen (secondary N) is 1. The lowest BCUT2D eigenvalue weighted by atomic mass is 10.2. The summed E-state index contributed by atoms with van der Waals surface area (Å²) < 4.78 is 32.9. The molecule has 0 bridgehead atoms. The summed E-state index contributed by atoms with van der Waals surface area (Å²) in [6.45, 7) is 1.64. The van der Waals surface area contributed by atoms with Gasteiger partial charge in [0.15, 0.2) is 15.9 Å². The van der Waals surface area contributed by atoms with E-state index in [4.69, 9.17) is 9.15 Å². The Kier molecular flexibility index (Phi) is 5.40. The molecule has 0 spiro atoms. The average molecular weight is 351 g/mol. The Balaban J connectivity index is 1.92. The number of benzene rings is 1. The van der Waals surface area contributed by atoms with Gasteiger partial charge in [0, 0.05) is 6.26 Å². The third kappa shape index (κ3) is 4.69. The molecule has 24 heavy (non-hydrogen) atoms. The zero-order valence-corrected chi connectivity index (χ0v) is 14.0. The van der Waals surface area contributed by atoms with Gasteiger partial charge in [-0.05, 0) is 43.3 Å². The number of esters is 1. The molecule has 1 atom stereocenters. The normalized spacial score (nSPS) is 12.4. The first-order valence-electron chi connectivity index (χ1n) is 7.08. The van der Waals surface area contributed by atoms with Crippen molar-refractivity contribution in [3.05, 3.63) is 54.0 Å². The van der Waals surface area contributed by atoms with Crippen LogP contribution < -0.4 is 5.32 Å². The second kappa shape index (κ2) is 7.31. The van der Waals surface area contributed by atoms with Crippen molar-refractivity contribution in [2.75, 3.05) is 6.26 Å². The van der Waals surface area contributed by atoms with Crippen LogP contribution in [0.5, 0.6) is 0 Å². The molecule has 2 rings (SSSR count). The van der Waals surface area contributed by atoms with Gasteiger partial charge in [0.25, 0.3) is 5.91 Å². The lowest BCUT2D eigenvalue weighted by molar-refractivity contribution is -0.129. The number of amides is 1. The Labute approximate surface area is 139 Å². The van der Waals surface area contributed by atoms with Gasteiger partial charge < -0.3 is 14.5 Å². The number of rotatable bonds is 6. The van der Waals surface area contributed by atoms with Crippen molar-refractivity contribution < 1.29 is 27.2 Å². The Hall–Kier alpha value is -2.61. The Bertz CT molecular complexity index is 809. The summed E-state index contributed by atoms with van der Waals surface area (Å²) >= 11 is 0. The Morgan fingerprint density at radius 1 is 1.21 bits per heavy atom. The van der Waals surface area contributed by atoms with Crippen LogP contribution in [0.15, 0.2) is 52.0 Å². The van der Waals surface area contributed by atoms with Crippen LogP contribution in [0, 0.1) is 0 Å². The maximum Gasteiger partial charge on any atom is 0.338 e. The third-order valence-corrected chi connectivity index (χ3v) is 4.32. The molecule has 0 saturated heterocycles. The maximum absolute atomic E-state index is 12.0. The van der Waals surface area contributed by atoms with Gasteiger partial charge in [0.05, 0.1) is 23.3 Å². The molecule has 0 radical (unpaired) electrons. The van der Waals surface area contributed by atoms with E-state index in [1.54, 1.807) is 12.1 Å². The number of carbonyl (C=O) groups is 2. The zero-order chi connectivity index (χ0) is 17.7. The van der Waals surface area contributed by atoms with E-state index in [2.05, 4.69) is 5.32 Å². The molecule has 0 aliphatic carbocycles. The van der Waals surface area contributed by atoms with Crippen LogP contribution >= 0.6 is 0 Å². The summed E-state index contributed by atoms with van der Waals surface area (Å²) in [5.74, 6) is -0.596. The van der Waals surface area contributed by atoms with E-state index in [9.17, 15) is 18.0 Å². The van der Waals surface area contributed by atoms with Crippen LogP contribution in [0.1, 0.15) is 23.0 Å². The highest BCUT2D eigenvalue weighted by atomic mass is 32.2. The number of carbonyl (C=O) groups excluding carboxylic acids is 2. The summed E-state index contributed by atoms with van der Waals surface area (Å²) in [6.07, 6.45) is 1.57. The smallest absolute Gasteiger partial charge is 0.338 e. The van der Waals surface area contributed by atoms with Crippen molar-refractivity contribution in [1.82, 2.24) is 5.32 Å². The molecule has 8 heteroatoms. The largest absolute Gasteiger partial charge is 0.467 e. The molecule has 1 aromatic carbocycles. The summed E-state index contributed by atoms with van der Waals surface area (Å²) in [6, 6.07) is 8.71. The van der Waals surface area contributed by atoms with Gasteiger partial charge in [0.1, 0.15) is 5.76 Å². The molecule has 1 unspecified atom stereocenters. The van der Waals surface area contributed by atoms with Crippen LogP contribution in [0.4, 0.5) is 0 Å². The molecule has 1 N–H and O–H groups in total. The lowest BCUT2D eigenvalue weighted by Gasteiger charge is -2.13. The molecule has 0 aliphatic rings. The molecular formula is C16H17NO6S. The summed E-state index contributed by atoms with van der Waals surface area (Å²) in [4.78, 5) is 24.0. The molecule has 2 aromatic rings. The van der Waals surface area contributed by atoms with E-state index in [1.165, 1.54) is 37.5 Å². The quantitative estimate of drug-likeness (QED) is 0.792. The van der Waals surface area contributed by atoms with Crippen molar-refractivity contribution in [3.8, 4) is 0 Å². The molecule has 1 heterocycles. The molecule has 128 valence electrons. The van der Waals surface area contributed by atoms with E-state index < -0.39 is 27.8 Å². The van der Waals surface area contributed by atoms with Gasteiger partial charge in [-0.3, -0.25) is 4.79 Å². The van der Waals surface area contributed by atoms with Crippen LogP contribution in [-0.4, -0.2) is 32.7 Å². The predicted molar refractivity (Wildman–Crippen MR) is 85.0 cm³/mol. The van der Waals surface area contributed by atoms with E-state index in [0.717, 1.165) is 6.26 Å². The predicted octanol–water partition coefficient (Wildman–Crippen LogP) is 1.54. The molecule has 7 nitrogen and oxygen atoms in total. The molecule has 0 aliphatic heterocycles. The Morgan fingerprint density at radius 2 is 1.88 bits per heavy atom. The van der Waals surface area contributed by atoms with Crippen molar-refractivity contribution in [1.29, 1.82) is 0 Å². The second-order valence-corrected chi connectivity index (χ2v) is 7.16. The van der Waals surface area contributed by atoms with Gasteiger partial charge in [-0.15, -0.1) is 0 Å². The highest BCUT2D eigenvalue weighted by Gasteiger charge is 2.19. The highest BCUT2D eigenvalue weighted by Crippen LogP contribution is 2.12. The van der Waals surface area contributed by atoms with Crippen molar-refractivity contribution in [2.45, 2.75) is 24.5 Å². The van der Waals surface area contributed by atoms with Crippen molar-refractivity contribution in [3.63, 3.8) is 0 Å². The minimum absolute atomic E-state index is 0.100. The first-order valence-corrected chi connectivity index (χ1v) is 8.97. The SMILES string of the molecule is CC(OC(=O)c1ccc(S(C)(=O)=O)cc1)C(=O)NCc1ccco1. The summed E-state index contributed by atoms with van der Waals surface area (Å²) in [5, 5.41) is 2.58. The van der Waals surface area contributed by atoms with Crippen molar-refractivity contribution >= 4 is 21.7 Å². The number of ether oxygens (including phenoxy) is 1. The van der Waals surface area contributed by atoms with Gasteiger partial charge in [0.2, 0.25) is 0 Å². The summed E-state index contributed by atoms with van der Waals surface area (Å²) in [7, 11) is -3.34. The van der Waals surface area contributed by atoms with E-state index in [-0.39, 0.29) is 17.0 Å². The number of hydrogen-bond acceptors (Lipinski definition) is 6. The standard InChI is InChI=1S/C16H17NO6S/c1-11(15(18)17-10-13-4-3-9-22-13)23-16(19)12-5-7-14(8-6-12)24(2,20)21/h3-9,11H,10H2,1-2H3,(H,17,18). The topological polar surface area (TPSA) is 103 Å². The monoisotopic (exact) mass is 351 g/mol.